The van der Waals surface area contributed by atoms with Gasteiger partial charge in [-0.1, -0.05) is 12.1 Å². The fourth-order valence-corrected chi connectivity index (χ4v) is 1.36. The number of nitrogens with zero attached hydrogens (tertiary/aromatic N) is 3. The van der Waals surface area contributed by atoms with Crippen LogP contribution in [0.3, 0.4) is 0 Å². The van der Waals surface area contributed by atoms with Crippen LogP contribution in [0.25, 0.3) is 0 Å². The van der Waals surface area contributed by atoms with Gasteiger partial charge in [0, 0.05) is 0 Å². The SMILES string of the molecule is N=CN(O)c1nc(OCc2ccc(F)cc2)ncc1F. The van der Waals surface area contributed by atoms with Crippen molar-refractivity contribution in [2.45, 2.75) is 6.61 Å². The number of hydrogen-bond acceptors (Lipinski definition) is 5. The van der Waals surface area contributed by atoms with Crippen LogP contribution in [-0.2, 0) is 6.61 Å². The molecule has 2 rings (SSSR count). The third-order valence-corrected chi connectivity index (χ3v) is 2.32. The number of nitrogens with one attached hydrogen (secondary N) is 1. The highest BCUT2D eigenvalue weighted by molar-refractivity contribution is 5.71. The largest absolute Gasteiger partial charge is 0.459 e. The van der Waals surface area contributed by atoms with Crippen molar-refractivity contribution in [1.82, 2.24) is 9.97 Å². The van der Waals surface area contributed by atoms with E-state index in [0.717, 1.165) is 6.20 Å². The van der Waals surface area contributed by atoms with E-state index in [9.17, 15) is 14.0 Å². The van der Waals surface area contributed by atoms with Gasteiger partial charge in [0.05, 0.1) is 6.20 Å². The van der Waals surface area contributed by atoms with E-state index in [1.54, 1.807) is 0 Å². The van der Waals surface area contributed by atoms with E-state index in [1.807, 2.05) is 0 Å². The minimum atomic E-state index is -0.898. The average Bonchev–Trinajstić information content (AvgIpc) is 2.47. The lowest BCUT2D eigenvalue weighted by Gasteiger charge is -2.11. The van der Waals surface area contributed by atoms with E-state index >= 15 is 0 Å². The number of aromatic nitrogens is 2. The van der Waals surface area contributed by atoms with E-state index in [0.29, 0.717) is 11.9 Å². The minimum Gasteiger partial charge on any atom is -0.459 e. The van der Waals surface area contributed by atoms with Gasteiger partial charge in [-0.15, -0.1) is 0 Å². The fourth-order valence-electron chi connectivity index (χ4n) is 1.36. The van der Waals surface area contributed by atoms with Gasteiger partial charge < -0.3 is 4.74 Å². The summed E-state index contributed by atoms with van der Waals surface area (Å²) in [5.74, 6) is -1.76. The highest BCUT2D eigenvalue weighted by Crippen LogP contribution is 2.16. The van der Waals surface area contributed by atoms with Crippen molar-refractivity contribution < 1.29 is 18.7 Å². The topological polar surface area (TPSA) is 82.3 Å². The quantitative estimate of drug-likeness (QED) is 0.498. The van der Waals surface area contributed by atoms with Crippen LogP contribution in [0.4, 0.5) is 14.6 Å². The monoisotopic (exact) mass is 280 g/mol. The molecule has 0 aliphatic carbocycles. The Kier molecular flexibility index (Phi) is 4.16. The maximum absolute atomic E-state index is 13.3. The first-order valence-electron chi connectivity index (χ1n) is 5.48. The number of halogens is 2. The standard InChI is InChI=1S/C12H10F2N4O2/c13-9-3-1-8(2-4-9)6-20-12-16-5-10(14)11(17-12)18(19)7-15/h1-5,7,15,19H,6H2. The van der Waals surface area contributed by atoms with Crippen LogP contribution in [0, 0.1) is 17.0 Å². The Morgan fingerprint density at radius 3 is 2.65 bits per heavy atom. The molecule has 0 bridgehead atoms. The average molecular weight is 280 g/mol. The fraction of sp³-hybridized carbons (Fsp3) is 0.0833. The number of rotatable bonds is 5. The van der Waals surface area contributed by atoms with Crippen molar-refractivity contribution in [3.8, 4) is 6.01 Å². The van der Waals surface area contributed by atoms with Crippen LogP contribution < -0.4 is 9.80 Å². The third-order valence-electron chi connectivity index (χ3n) is 2.32. The molecular weight excluding hydrogens is 270 g/mol. The van der Waals surface area contributed by atoms with Gasteiger partial charge >= 0.3 is 6.01 Å². The lowest BCUT2D eigenvalue weighted by atomic mass is 10.2. The molecule has 0 amide bonds. The molecule has 8 heteroatoms. The van der Waals surface area contributed by atoms with Crippen molar-refractivity contribution >= 4 is 12.2 Å². The lowest BCUT2D eigenvalue weighted by Crippen LogP contribution is -2.18. The number of hydrogen-bond donors (Lipinski definition) is 2. The summed E-state index contributed by atoms with van der Waals surface area (Å²) in [6.07, 6.45) is 1.30. The van der Waals surface area contributed by atoms with Crippen LogP contribution in [0.15, 0.2) is 30.5 Å². The molecule has 0 spiro atoms. The summed E-state index contributed by atoms with van der Waals surface area (Å²) < 4.78 is 31.2. The molecule has 0 unspecified atom stereocenters. The Balaban J connectivity index is 2.10. The Hall–Kier alpha value is -2.61. The normalized spacial score (nSPS) is 10.2. The second-order valence-electron chi connectivity index (χ2n) is 3.71. The molecule has 1 aromatic heterocycles. The van der Waals surface area contributed by atoms with Gasteiger partial charge in [0.15, 0.2) is 5.82 Å². The molecule has 0 saturated heterocycles. The van der Waals surface area contributed by atoms with Gasteiger partial charge in [0.1, 0.15) is 18.8 Å². The molecule has 6 nitrogen and oxygen atoms in total. The predicted molar refractivity (Wildman–Crippen MR) is 65.8 cm³/mol. The van der Waals surface area contributed by atoms with Gasteiger partial charge in [0.2, 0.25) is 5.82 Å². The van der Waals surface area contributed by atoms with E-state index in [-0.39, 0.29) is 23.5 Å². The van der Waals surface area contributed by atoms with E-state index in [2.05, 4.69) is 9.97 Å². The summed E-state index contributed by atoms with van der Waals surface area (Å²) in [7, 11) is 0. The maximum atomic E-state index is 13.3. The van der Waals surface area contributed by atoms with Crippen molar-refractivity contribution in [2.75, 3.05) is 5.06 Å². The number of anilines is 1. The Morgan fingerprint density at radius 1 is 1.30 bits per heavy atom. The van der Waals surface area contributed by atoms with Crippen LogP contribution >= 0.6 is 0 Å². The zero-order valence-electron chi connectivity index (χ0n) is 10.1. The first-order chi connectivity index (χ1) is 9.60. The molecule has 0 aliphatic heterocycles. The molecule has 2 N–H and O–H groups in total. The summed E-state index contributed by atoms with van der Waals surface area (Å²) in [6.45, 7) is 0.0569. The molecule has 0 atom stereocenters. The summed E-state index contributed by atoms with van der Waals surface area (Å²) >= 11 is 0. The minimum absolute atomic E-state index is 0.0569. The maximum Gasteiger partial charge on any atom is 0.318 e. The van der Waals surface area contributed by atoms with Gasteiger partial charge in [-0.3, -0.25) is 10.6 Å². The number of ether oxygens (including phenoxy) is 1. The van der Waals surface area contributed by atoms with Crippen molar-refractivity contribution in [3.05, 3.63) is 47.7 Å². The first-order valence-corrected chi connectivity index (χ1v) is 5.48. The second kappa shape index (κ2) is 6.02. The van der Waals surface area contributed by atoms with Crippen LogP contribution in [0.2, 0.25) is 0 Å². The second-order valence-corrected chi connectivity index (χ2v) is 3.71. The van der Waals surface area contributed by atoms with Gasteiger partial charge in [-0.25, -0.2) is 13.8 Å². The van der Waals surface area contributed by atoms with Crippen LogP contribution in [0.5, 0.6) is 6.01 Å². The Morgan fingerprint density at radius 2 is 2.00 bits per heavy atom. The number of hydroxylamine groups is 1. The molecule has 20 heavy (non-hydrogen) atoms. The lowest BCUT2D eigenvalue weighted by molar-refractivity contribution is 0.272. The van der Waals surface area contributed by atoms with E-state index in [1.165, 1.54) is 24.3 Å². The molecule has 104 valence electrons. The van der Waals surface area contributed by atoms with Crippen molar-refractivity contribution in [1.29, 1.82) is 5.41 Å². The molecule has 1 aromatic carbocycles. The molecule has 0 fully saturated rings. The third kappa shape index (κ3) is 3.23. The molecule has 0 radical (unpaired) electrons. The summed E-state index contributed by atoms with van der Waals surface area (Å²) in [5.41, 5.74) is 0.675. The highest BCUT2D eigenvalue weighted by atomic mass is 19.1. The summed E-state index contributed by atoms with van der Waals surface area (Å²) in [5, 5.41) is 16.2. The molecule has 2 aromatic rings. The highest BCUT2D eigenvalue weighted by Gasteiger charge is 2.12. The predicted octanol–water partition coefficient (Wildman–Crippen LogP) is 2.14. The molecular formula is C12H10F2N4O2. The summed E-state index contributed by atoms with van der Waals surface area (Å²) in [4.78, 5) is 7.21. The molecule has 0 aliphatic rings. The van der Waals surface area contributed by atoms with Crippen molar-refractivity contribution in [2.24, 2.45) is 0 Å². The van der Waals surface area contributed by atoms with Crippen molar-refractivity contribution in [3.63, 3.8) is 0 Å². The van der Waals surface area contributed by atoms with Gasteiger partial charge in [-0.05, 0) is 17.7 Å². The van der Waals surface area contributed by atoms with Gasteiger partial charge in [-0.2, -0.15) is 10.0 Å². The summed E-state index contributed by atoms with van der Waals surface area (Å²) in [6, 6.07) is 5.43. The van der Waals surface area contributed by atoms with Gasteiger partial charge in [0.25, 0.3) is 0 Å². The van der Waals surface area contributed by atoms with E-state index in [4.69, 9.17) is 10.1 Å². The van der Waals surface area contributed by atoms with Crippen LogP contribution in [0.1, 0.15) is 5.56 Å². The smallest absolute Gasteiger partial charge is 0.318 e. The van der Waals surface area contributed by atoms with E-state index < -0.39 is 11.6 Å². The Bertz CT molecular complexity index is 607. The zero-order valence-corrected chi connectivity index (χ0v) is 10.1. The number of benzene rings is 1. The Labute approximate surface area is 112 Å². The molecule has 0 saturated carbocycles. The first kappa shape index (κ1) is 13.8. The zero-order chi connectivity index (χ0) is 14.5. The molecule has 1 heterocycles. The van der Waals surface area contributed by atoms with Crippen LogP contribution in [-0.4, -0.2) is 21.5 Å².